The van der Waals surface area contributed by atoms with Crippen LogP contribution < -0.4 is 0 Å². The van der Waals surface area contributed by atoms with Gasteiger partial charge in [0.05, 0.1) is 19.3 Å². The number of hydrogen-bond acceptors (Lipinski definition) is 1. The summed E-state index contributed by atoms with van der Waals surface area (Å²) in [4.78, 5) is 0. The van der Waals surface area contributed by atoms with E-state index in [4.69, 9.17) is 0 Å². The highest BCUT2D eigenvalue weighted by Gasteiger charge is 2.72. The fourth-order valence-corrected chi connectivity index (χ4v) is 0.716. The summed E-state index contributed by atoms with van der Waals surface area (Å²) in [6.45, 7) is 0.533. The number of rotatable bonds is 5. The van der Waals surface area contributed by atoms with Gasteiger partial charge in [-0.25, -0.2) is 0 Å². The van der Waals surface area contributed by atoms with Crippen molar-refractivity contribution in [1.82, 2.24) is 0 Å². The van der Waals surface area contributed by atoms with Crippen LogP contribution in [0.1, 0.15) is 13.3 Å². The summed E-state index contributed by atoms with van der Waals surface area (Å²) < 4.78 is 88.8. The topological polar surface area (TPSA) is 9.23 Å². The van der Waals surface area contributed by atoms with Crippen molar-refractivity contribution in [3.8, 4) is 0 Å². The number of allylic oxidation sites excluding steroid dienone is 1. The van der Waals surface area contributed by atoms with Crippen molar-refractivity contribution in [1.29, 1.82) is 0 Å². The first-order chi connectivity index (χ1) is 7.06. The third-order valence-electron chi connectivity index (χ3n) is 1.58. The molecule has 0 heterocycles. The minimum absolute atomic E-state index is 0.918. The van der Waals surface area contributed by atoms with Crippen molar-refractivity contribution in [3.05, 3.63) is 12.3 Å². The van der Waals surface area contributed by atoms with Crippen molar-refractivity contribution in [3.63, 3.8) is 0 Å². The zero-order chi connectivity index (χ0) is 13.0. The lowest BCUT2D eigenvalue weighted by Crippen LogP contribution is -2.52. The molecule has 0 aliphatic carbocycles. The Kier molecular flexibility index (Phi) is 4.63. The summed E-state index contributed by atoms with van der Waals surface area (Å²) >= 11 is 0. The Morgan fingerprint density at radius 2 is 1.50 bits per heavy atom. The van der Waals surface area contributed by atoms with Crippen LogP contribution in [0.3, 0.4) is 0 Å². The number of hydrogen-bond donors (Lipinski definition) is 0. The molecule has 0 amide bonds. The smallest absolute Gasteiger partial charge is 0.459 e. The van der Waals surface area contributed by atoms with Crippen molar-refractivity contribution in [2.24, 2.45) is 0 Å². The fourth-order valence-electron chi connectivity index (χ4n) is 0.716. The van der Waals surface area contributed by atoms with Gasteiger partial charge >= 0.3 is 18.0 Å². The average molecular weight is 254 g/mol. The van der Waals surface area contributed by atoms with Gasteiger partial charge in [-0.2, -0.15) is 30.7 Å². The Morgan fingerprint density at radius 1 is 1.00 bits per heavy atom. The second-order valence-electron chi connectivity index (χ2n) is 2.87. The molecule has 0 aliphatic heterocycles. The molecule has 16 heavy (non-hydrogen) atoms. The monoisotopic (exact) mass is 254 g/mol. The van der Waals surface area contributed by atoms with E-state index in [1.165, 1.54) is 13.0 Å². The molecule has 0 aliphatic rings. The number of ether oxygens (including phenoxy) is 1. The molecule has 8 heteroatoms. The quantitative estimate of drug-likeness (QED) is 0.412. The van der Waals surface area contributed by atoms with Crippen LogP contribution in [-0.4, -0.2) is 24.6 Å². The van der Waals surface area contributed by atoms with Gasteiger partial charge in [-0.15, -0.1) is 0 Å². The van der Waals surface area contributed by atoms with E-state index in [0.29, 0.717) is 0 Å². The second-order valence-corrected chi connectivity index (χ2v) is 2.87. The summed E-state index contributed by atoms with van der Waals surface area (Å²) in [7, 11) is 0. The molecule has 0 saturated carbocycles. The Hall–Kier alpha value is -0.950. The van der Waals surface area contributed by atoms with Gasteiger partial charge in [-0.3, -0.25) is 0 Å². The second kappa shape index (κ2) is 4.92. The lowest BCUT2D eigenvalue weighted by atomic mass is 10.1. The number of alkyl halides is 7. The third-order valence-corrected chi connectivity index (χ3v) is 1.58. The van der Waals surface area contributed by atoms with E-state index in [0.717, 1.165) is 6.26 Å². The molecule has 0 saturated heterocycles. The van der Waals surface area contributed by atoms with Gasteiger partial charge in [0.15, 0.2) is 0 Å². The van der Waals surface area contributed by atoms with E-state index >= 15 is 0 Å². The normalized spacial score (nSPS) is 14.5. The molecular formula is C8H9F7O. The summed E-state index contributed by atoms with van der Waals surface area (Å²) in [5, 5.41) is 0. The molecular weight excluding hydrogens is 245 g/mol. The zero-order valence-electron chi connectivity index (χ0n) is 8.12. The number of halogens is 7. The van der Waals surface area contributed by atoms with Gasteiger partial charge in [-0.05, 0) is 6.92 Å². The summed E-state index contributed by atoms with van der Waals surface area (Å²) in [5.41, 5.74) is 0. The van der Waals surface area contributed by atoms with E-state index in [2.05, 4.69) is 4.74 Å². The van der Waals surface area contributed by atoms with Crippen LogP contribution >= 0.6 is 0 Å². The van der Waals surface area contributed by atoms with Crippen molar-refractivity contribution < 1.29 is 35.5 Å². The molecule has 0 fully saturated rings. The van der Waals surface area contributed by atoms with Crippen molar-refractivity contribution in [2.75, 3.05) is 6.61 Å². The summed E-state index contributed by atoms with van der Waals surface area (Å²) in [5.74, 6) is -11.2. The minimum atomic E-state index is -6.28. The van der Waals surface area contributed by atoms with Gasteiger partial charge in [-0.1, -0.05) is 6.08 Å². The fraction of sp³-hybridized carbons (Fsp3) is 0.750. The van der Waals surface area contributed by atoms with E-state index in [1.807, 2.05) is 0 Å². The van der Waals surface area contributed by atoms with E-state index in [9.17, 15) is 30.7 Å². The largest absolute Gasteiger partial charge is 0.501 e. The Labute approximate surface area is 86.9 Å². The van der Waals surface area contributed by atoms with Crippen LogP contribution in [0.15, 0.2) is 12.3 Å². The molecule has 0 aromatic heterocycles. The molecule has 0 radical (unpaired) electrons. The van der Waals surface area contributed by atoms with E-state index in [1.54, 1.807) is 0 Å². The zero-order valence-corrected chi connectivity index (χ0v) is 8.12. The summed E-state index contributed by atoms with van der Waals surface area (Å²) in [6.07, 6.45) is -5.80. The van der Waals surface area contributed by atoms with Crippen LogP contribution in [0.25, 0.3) is 0 Å². The maximum absolute atomic E-state index is 12.6. The van der Waals surface area contributed by atoms with Crippen LogP contribution in [0.5, 0.6) is 0 Å². The van der Waals surface area contributed by atoms with Crippen LogP contribution in [0.4, 0.5) is 30.7 Å². The molecule has 0 rings (SSSR count). The Bertz CT molecular complexity index is 243. The highest BCUT2D eigenvalue weighted by molar-refractivity contribution is 4.90. The van der Waals surface area contributed by atoms with E-state index < -0.39 is 31.0 Å². The SMILES string of the molecule is CC=COCCC(F)(F)C(F)(F)C(F)(F)F. The third kappa shape index (κ3) is 3.28. The Balaban J connectivity index is 4.53. The van der Waals surface area contributed by atoms with E-state index in [-0.39, 0.29) is 0 Å². The van der Waals surface area contributed by atoms with Crippen molar-refractivity contribution >= 4 is 0 Å². The minimum Gasteiger partial charge on any atom is -0.501 e. The van der Waals surface area contributed by atoms with Gasteiger partial charge < -0.3 is 4.74 Å². The summed E-state index contributed by atoms with van der Waals surface area (Å²) in [6, 6.07) is 0. The average Bonchev–Trinajstić information content (AvgIpc) is 2.10. The maximum Gasteiger partial charge on any atom is 0.459 e. The standard InChI is InChI=1S/C8H9F7O/c1-2-4-16-5-3-6(9,10)7(11,12)8(13,14)15/h2,4H,3,5H2,1H3. The highest BCUT2D eigenvalue weighted by atomic mass is 19.4. The molecule has 0 spiro atoms. The molecule has 0 aromatic carbocycles. The molecule has 0 N–H and O–H groups in total. The van der Waals surface area contributed by atoms with Crippen LogP contribution in [0.2, 0.25) is 0 Å². The van der Waals surface area contributed by atoms with Crippen molar-refractivity contribution in [2.45, 2.75) is 31.4 Å². The molecule has 96 valence electrons. The van der Waals surface area contributed by atoms with Gasteiger partial charge in [0, 0.05) is 0 Å². The van der Waals surface area contributed by atoms with Crippen LogP contribution in [0, 0.1) is 0 Å². The Morgan fingerprint density at radius 3 is 1.88 bits per heavy atom. The molecule has 0 aromatic rings. The first-order valence-corrected chi connectivity index (χ1v) is 4.11. The molecule has 0 unspecified atom stereocenters. The van der Waals surface area contributed by atoms with Gasteiger partial charge in [0.1, 0.15) is 0 Å². The molecule has 0 atom stereocenters. The molecule has 0 bridgehead atoms. The predicted octanol–water partition coefficient (Wildman–Crippen LogP) is 3.76. The molecule has 1 nitrogen and oxygen atoms in total. The first-order valence-electron chi connectivity index (χ1n) is 4.11. The highest BCUT2D eigenvalue weighted by Crippen LogP contribution is 2.47. The first kappa shape index (κ1) is 15.0. The van der Waals surface area contributed by atoms with Gasteiger partial charge in [0.2, 0.25) is 0 Å². The lowest BCUT2D eigenvalue weighted by molar-refractivity contribution is -0.356. The van der Waals surface area contributed by atoms with Gasteiger partial charge in [0.25, 0.3) is 0 Å². The predicted molar refractivity (Wildman–Crippen MR) is 41.3 cm³/mol. The van der Waals surface area contributed by atoms with Crippen LogP contribution in [-0.2, 0) is 4.74 Å². The lowest BCUT2D eigenvalue weighted by Gasteiger charge is -2.27. The maximum atomic E-state index is 12.6.